The van der Waals surface area contributed by atoms with Gasteiger partial charge in [0.05, 0.1) is 44.7 Å². The maximum Gasteiger partial charge on any atom is 0.219 e. The second-order valence-electron chi connectivity index (χ2n) is 19.1. The number of benzene rings is 4. The number of hydrogen-bond donors (Lipinski definition) is 3. The van der Waals surface area contributed by atoms with E-state index < -0.39 is 72.9 Å². The largest absolute Gasteiger partial charge is 0.511 e. The molecule has 4 aromatic carbocycles. The molecular weight excluding hydrogens is 881 g/mol. The van der Waals surface area contributed by atoms with Crippen molar-refractivity contribution in [1.29, 1.82) is 0 Å². The summed E-state index contributed by atoms with van der Waals surface area (Å²) in [5.41, 5.74) is 3.52. The topological polar surface area (TPSA) is 173 Å². The van der Waals surface area contributed by atoms with E-state index in [1.807, 2.05) is 142 Å². The molecule has 1 amide bonds. The zero-order valence-corrected chi connectivity index (χ0v) is 39.9. The predicted molar refractivity (Wildman–Crippen MR) is 257 cm³/mol. The summed E-state index contributed by atoms with van der Waals surface area (Å²) >= 11 is 0. The Balaban J connectivity index is 1.20. The summed E-state index contributed by atoms with van der Waals surface area (Å²) in [5, 5.41) is 26.4. The Hall–Kier alpha value is -5.13. The first-order valence-electron chi connectivity index (χ1n) is 24.1. The summed E-state index contributed by atoms with van der Waals surface area (Å²) in [6.45, 7) is 6.45. The Bertz CT molecular complexity index is 2330. The highest BCUT2D eigenvalue weighted by molar-refractivity contribution is 6.23. The number of ether oxygens (including phenoxy) is 8. The monoisotopic (exact) mass is 946 g/mol. The first-order valence-corrected chi connectivity index (χ1v) is 24.1. The lowest BCUT2D eigenvalue weighted by Gasteiger charge is -2.50. The third-order valence-corrected chi connectivity index (χ3v) is 13.1. The van der Waals surface area contributed by atoms with Crippen LogP contribution in [0.1, 0.15) is 81.4 Å². The van der Waals surface area contributed by atoms with Gasteiger partial charge in [0, 0.05) is 43.5 Å². The Morgan fingerprint density at radius 1 is 0.768 bits per heavy atom. The number of aliphatic hydroxyl groups is 2. The highest BCUT2D eigenvalue weighted by Gasteiger charge is 2.54. The van der Waals surface area contributed by atoms with Gasteiger partial charge in [-0.2, -0.15) is 0 Å². The number of amides is 1. The van der Waals surface area contributed by atoms with Crippen molar-refractivity contribution in [3.8, 4) is 0 Å². The standard InChI is InChI=1S/C55H66N2O12/c1-35-48(61)49-44(34-65-53(68-49)39-24-15-8-16-25-39)66-52(35)69-50-43(33-62-30-36-18-9-5-10-19-36)67-54(64-32-38-22-13-7-14-23-38)47(51(50)63-31-37-20-11-6-12-21-37)57-40(26-17-27-45(60)56-4)46-41(58)28-55(2,3)29-42(46)59/h5-16,18-25,35,43-44,47-54,58,61H,17,26-34H2,1-4H3,(H,56,60)/t35?,43?,44?,47?,48?,49?,50-,51+,52?,53?,54+/m0/s1. The van der Waals surface area contributed by atoms with Crippen molar-refractivity contribution < 1.29 is 57.7 Å². The third-order valence-electron chi connectivity index (χ3n) is 13.1. The van der Waals surface area contributed by atoms with Gasteiger partial charge in [-0.25, -0.2) is 0 Å². The molecule has 14 nitrogen and oxygen atoms in total. The van der Waals surface area contributed by atoms with Crippen LogP contribution in [0.2, 0.25) is 0 Å². The fourth-order valence-electron chi connectivity index (χ4n) is 9.45. The summed E-state index contributed by atoms with van der Waals surface area (Å²) in [7, 11) is 1.58. The van der Waals surface area contributed by atoms with Gasteiger partial charge in [-0.3, -0.25) is 14.6 Å². The van der Waals surface area contributed by atoms with Crippen LogP contribution in [0.15, 0.2) is 138 Å². The van der Waals surface area contributed by atoms with Crippen molar-refractivity contribution in [2.75, 3.05) is 20.3 Å². The summed E-state index contributed by atoms with van der Waals surface area (Å²) in [4.78, 5) is 32.1. The number of nitrogens with one attached hydrogen (secondary N) is 1. The van der Waals surface area contributed by atoms with Gasteiger partial charge in [0.1, 0.15) is 42.3 Å². The minimum atomic E-state index is -1.10. The van der Waals surface area contributed by atoms with E-state index in [0.717, 1.165) is 22.3 Å². The van der Waals surface area contributed by atoms with Crippen molar-refractivity contribution in [2.24, 2.45) is 16.3 Å². The van der Waals surface area contributed by atoms with Crippen LogP contribution in [0.5, 0.6) is 0 Å². The molecule has 0 bridgehead atoms. The zero-order valence-electron chi connectivity index (χ0n) is 39.9. The average Bonchev–Trinajstić information content (AvgIpc) is 3.35. The van der Waals surface area contributed by atoms with E-state index in [2.05, 4.69) is 5.32 Å². The van der Waals surface area contributed by atoms with Crippen molar-refractivity contribution in [1.82, 2.24) is 5.32 Å². The van der Waals surface area contributed by atoms with Gasteiger partial charge in [-0.1, -0.05) is 142 Å². The number of nitrogens with zero attached hydrogens (tertiary/aromatic N) is 1. The highest BCUT2D eigenvalue weighted by atomic mass is 16.8. The minimum absolute atomic E-state index is 0.0333. The number of aliphatic imine (C=N–C) groups is 1. The lowest BCUT2D eigenvalue weighted by molar-refractivity contribution is -0.374. The fourth-order valence-corrected chi connectivity index (χ4v) is 9.45. The van der Waals surface area contributed by atoms with Gasteiger partial charge < -0.3 is 53.4 Å². The van der Waals surface area contributed by atoms with Gasteiger partial charge >= 0.3 is 0 Å². The summed E-state index contributed by atoms with van der Waals surface area (Å²) in [6.07, 6.45) is -6.85. The molecule has 0 spiro atoms. The maximum absolute atomic E-state index is 14.2. The van der Waals surface area contributed by atoms with Crippen LogP contribution < -0.4 is 5.32 Å². The van der Waals surface area contributed by atoms with E-state index in [1.165, 1.54) is 0 Å². The van der Waals surface area contributed by atoms with Crippen LogP contribution in [0.25, 0.3) is 0 Å². The molecule has 14 heteroatoms. The Morgan fingerprint density at radius 2 is 1.38 bits per heavy atom. The number of Topliss-reactive ketones (excluding diaryl/α,β-unsaturated/α-hetero) is 1. The van der Waals surface area contributed by atoms with Gasteiger partial charge in [0.2, 0.25) is 5.91 Å². The second kappa shape index (κ2) is 23.7. The summed E-state index contributed by atoms with van der Waals surface area (Å²) in [5.74, 6) is -1.09. The van der Waals surface area contributed by atoms with E-state index >= 15 is 0 Å². The van der Waals surface area contributed by atoms with Gasteiger partial charge in [-0.05, 0) is 34.9 Å². The molecule has 0 saturated carbocycles. The number of aliphatic hydroxyl groups excluding tert-OH is 2. The molecule has 3 heterocycles. The molecule has 3 fully saturated rings. The van der Waals surface area contributed by atoms with Crippen LogP contribution in [0.3, 0.4) is 0 Å². The maximum atomic E-state index is 14.2. The smallest absolute Gasteiger partial charge is 0.219 e. The molecule has 8 unspecified atom stereocenters. The fraction of sp³-hybridized carbons (Fsp3) is 0.473. The van der Waals surface area contributed by atoms with E-state index in [-0.39, 0.29) is 81.7 Å². The molecule has 3 saturated heterocycles. The molecule has 11 atom stereocenters. The molecule has 0 radical (unpaired) electrons. The van der Waals surface area contributed by atoms with E-state index in [9.17, 15) is 19.8 Å². The minimum Gasteiger partial charge on any atom is -0.511 e. The number of hydrogen-bond acceptors (Lipinski definition) is 13. The average molecular weight is 947 g/mol. The Morgan fingerprint density at radius 3 is 2.00 bits per heavy atom. The molecular formula is C55H66N2O12. The van der Waals surface area contributed by atoms with Crippen LogP contribution in [0.4, 0.5) is 0 Å². The zero-order chi connectivity index (χ0) is 48.3. The highest BCUT2D eigenvalue weighted by Crippen LogP contribution is 2.41. The number of ketones is 1. The molecule has 4 aliphatic rings. The number of carbonyl (C=O) groups excluding carboxylic acids is 2. The second-order valence-corrected chi connectivity index (χ2v) is 19.1. The molecule has 368 valence electrons. The van der Waals surface area contributed by atoms with Crippen LogP contribution in [0, 0.1) is 11.3 Å². The Labute approximate surface area is 404 Å². The number of allylic oxidation sites excluding steroid dienone is 2. The van der Waals surface area contributed by atoms with Crippen LogP contribution in [-0.2, 0) is 67.3 Å². The number of carbonyl (C=O) groups is 2. The molecule has 4 aromatic rings. The van der Waals surface area contributed by atoms with Crippen molar-refractivity contribution in [2.45, 2.75) is 134 Å². The van der Waals surface area contributed by atoms with E-state index in [1.54, 1.807) is 7.05 Å². The SMILES string of the molecule is CNC(=O)CCCC(=NC1[C@H](OCc2ccccc2)OC(COCc2ccccc2)[C@H](OC2OC3COC(c4ccccc4)OC3C(O)C2C)[C@@H]1OCc1ccccc1)C1=C(O)CC(C)(C)CC1=O. The lowest BCUT2D eigenvalue weighted by atomic mass is 9.75. The van der Waals surface area contributed by atoms with Crippen LogP contribution >= 0.6 is 0 Å². The predicted octanol–water partition coefficient (Wildman–Crippen LogP) is 7.88. The van der Waals surface area contributed by atoms with Gasteiger partial charge in [-0.15, -0.1) is 0 Å². The molecule has 1 aliphatic carbocycles. The van der Waals surface area contributed by atoms with E-state index in [4.69, 9.17) is 42.9 Å². The molecule has 3 N–H and O–H groups in total. The number of fused-ring (bicyclic) bond motifs is 1. The lowest BCUT2D eigenvalue weighted by Crippen LogP contribution is -2.64. The molecule has 69 heavy (non-hydrogen) atoms. The van der Waals surface area contributed by atoms with Crippen molar-refractivity contribution >= 4 is 17.4 Å². The van der Waals surface area contributed by atoms with Gasteiger partial charge in [0.15, 0.2) is 24.7 Å². The molecule has 0 aromatic heterocycles. The quantitative estimate of drug-likeness (QED) is 0.0778. The first kappa shape index (κ1) is 50.3. The number of rotatable bonds is 19. The van der Waals surface area contributed by atoms with E-state index in [0.29, 0.717) is 12.1 Å². The van der Waals surface area contributed by atoms with Gasteiger partial charge in [0.25, 0.3) is 0 Å². The summed E-state index contributed by atoms with van der Waals surface area (Å²) < 4.78 is 53.6. The first-order chi connectivity index (χ1) is 33.5. The summed E-state index contributed by atoms with van der Waals surface area (Å²) in [6, 6.07) is 37.8. The normalized spacial score (nSPS) is 29.3. The third kappa shape index (κ3) is 13.0. The van der Waals surface area contributed by atoms with Crippen molar-refractivity contribution in [3.05, 3.63) is 155 Å². The molecule has 8 rings (SSSR count). The van der Waals surface area contributed by atoms with Crippen LogP contribution in [-0.4, -0.2) is 103 Å². The molecule has 3 aliphatic heterocycles. The van der Waals surface area contributed by atoms with Crippen molar-refractivity contribution in [3.63, 3.8) is 0 Å². The Kier molecular flexibility index (Phi) is 17.2.